The molecule has 0 saturated carbocycles. The Kier molecular flexibility index (Phi) is 5.44. The van der Waals surface area contributed by atoms with Gasteiger partial charge in [0.1, 0.15) is 0 Å². The fraction of sp³-hybridized carbons (Fsp3) is 0.632. The third-order valence-electron chi connectivity index (χ3n) is 4.46. The molecule has 1 fully saturated rings. The number of amides is 1. The molecule has 1 saturated heterocycles. The van der Waals surface area contributed by atoms with E-state index in [1.54, 1.807) is 0 Å². The van der Waals surface area contributed by atoms with Crippen LogP contribution in [0.15, 0.2) is 30.3 Å². The molecule has 21 heavy (non-hydrogen) atoms. The highest BCUT2D eigenvalue weighted by Gasteiger charge is 2.22. The molecule has 2 rings (SSSR count). The van der Waals surface area contributed by atoms with E-state index in [9.17, 15) is 4.79 Å². The van der Waals surface area contributed by atoms with Crippen molar-refractivity contribution in [2.75, 3.05) is 13.1 Å². The molecule has 0 aromatic heterocycles. The molecule has 0 spiro atoms. The maximum Gasteiger partial charge on any atom is 0.253 e. The minimum Gasteiger partial charge on any atom is -0.339 e. The largest absolute Gasteiger partial charge is 0.339 e. The average molecular weight is 287 g/mol. The lowest BCUT2D eigenvalue weighted by molar-refractivity contribution is 0.0759. The van der Waals surface area contributed by atoms with Gasteiger partial charge in [0.25, 0.3) is 5.91 Å². The van der Waals surface area contributed by atoms with Crippen molar-refractivity contribution in [1.82, 2.24) is 4.90 Å². The Bertz CT molecular complexity index is 446. The monoisotopic (exact) mass is 287 g/mol. The Labute approximate surface area is 129 Å². The van der Waals surface area contributed by atoms with Crippen LogP contribution < -0.4 is 0 Å². The van der Waals surface area contributed by atoms with E-state index in [0.717, 1.165) is 37.4 Å². The summed E-state index contributed by atoms with van der Waals surface area (Å²) >= 11 is 0. The Hall–Kier alpha value is -1.31. The first-order chi connectivity index (χ1) is 9.96. The highest BCUT2D eigenvalue weighted by Crippen LogP contribution is 2.29. The van der Waals surface area contributed by atoms with Crippen molar-refractivity contribution in [3.8, 4) is 0 Å². The van der Waals surface area contributed by atoms with Crippen LogP contribution in [0.5, 0.6) is 0 Å². The van der Waals surface area contributed by atoms with Crippen molar-refractivity contribution >= 4 is 5.91 Å². The van der Waals surface area contributed by atoms with E-state index in [2.05, 4.69) is 20.8 Å². The van der Waals surface area contributed by atoms with Gasteiger partial charge >= 0.3 is 0 Å². The first kappa shape index (κ1) is 16.1. The van der Waals surface area contributed by atoms with Gasteiger partial charge in [-0.15, -0.1) is 0 Å². The van der Waals surface area contributed by atoms with Crippen LogP contribution in [0.4, 0.5) is 0 Å². The quantitative estimate of drug-likeness (QED) is 0.785. The number of rotatable bonds is 3. The first-order valence-corrected chi connectivity index (χ1v) is 8.30. The lowest BCUT2D eigenvalue weighted by Crippen LogP contribution is -2.32. The van der Waals surface area contributed by atoms with E-state index in [1.807, 2.05) is 35.2 Å². The van der Waals surface area contributed by atoms with Gasteiger partial charge in [0.05, 0.1) is 0 Å². The molecular weight excluding hydrogens is 258 g/mol. The van der Waals surface area contributed by atoms with Crippen molar-refractivity contribution < 1.29 is 4.79 Å². The molecule has 1 aliphatic heterocycles. The van der Waals surface area contributed by atoms with Crippen LogP contribution in [0.2, 0.25) is 0 Å². The molecule has 1 aromatic rings. The molecule has 1 aromatic carbocycles. The minimum absolute atomic E-state index is 0.201. The molecular formula is C19H29NO. The van der Waals surface area contributed by atoms with Gasteiger partial charge in [-0.3, -0.25) is 4.79 Å². The van der Waals surface area contributed by atoms with Crippen LogP contribution in [-0.2, 0) is 0 Å². The van der Waals surface area contributed by atoms with E-state index in [1.165, 1.54) is 19.3 Å². The second-order valence-corrected chi connectivity index (χ2v) is 7.55. The Morgan fingerprint density at radius 3 is 2.52 bits per heavy atom. The minimum atomic E-state index is 0.201. The zero-order valence-electron chi connectivity index (χ0n) is 13.8. The summed E-state index contributed by atoms with van der Waals surface area (Å²) in [6, 6.07) is 9.69. The highest BCUT2D eigenvalue weighted by atomic mass is 16.2. The summed E-state index contributed by atoms with van der Waals surface area (Å²) in [6.07, 6.45) is 6.16. The van der Waals surface area contributed by atoms with E-state index in [0.29, 0.717) is 5.41 Å². The average Bonchev–Trinajstić information content (AvgIpc) is 2.70. The molecule has 1 heterocycles. The van der Waals surface area contributed by atoms with Crippen molar-refractivity contribution in [1.29, 1.82) is 0 Å². The third-order valence-corrected chi connectivity index (χ3v) is 4.46. The molecule has 116 valence electrons. The van der Waals surface area contributed by atoms with E-state index in [4.69, 9.17) is 0 Å². The Balaban J connectivity index is 1.87. The fourth-order valence-corrected chi connectivity index (χ4v) is 3.06. The van der Waals surface area contributed by atoms with Gasteiger partial charge in [0, 0.05) is 18.7 Å². The topological polar surface area (TPSA) is 20.3 Å². The van der Waals surface area contributed by atoms with E-state index < -0.39 is 0 Å². The highest BCUT2D eigenvalue weighted by molar-refractivity contribution is 5.94. The number of likely N-dealkylation sites (tertiary alicyclic amines) is 1. The van der Waals surface area contributed by atoms with Crippen LogP contribution in [0.3, 0.4) is 0 Å². The predicted molar refractivity (Wildman–Crippen MR) is 88.4 cm³/mol. The van der Waals surface area contributed by atoms with Crippen LogP contribution in [0.1, 0.15) is 63.2 Å². The standard InChI is InChI=1S/C19H29NO/c1-19(2,3)13-11-16-8-7-14-20(15-12-16)18(21)17-9-5-4-6-10-17/h4-6,9-10,16H,7-8,11-15H2,1-3H3. The van der Waals surface area contributed by atoms with E-state index >= 15 is 0 Å². The Morgan fingerprint density at radius 2 is 1.86 bits per heavy atom. The number of benzene rings is 1. The summed E-state index contributed by atoms with van der Waals surface area (Å²) in [5, 5.41) is 0. The third kappa shape index (κ3) is 5.18. The van der Waals surface area contributed by atoms with Crippen molar-refractivity contribution in [3.05, 3.63) is 35.9 Å². The van der Waals surface area contributed by atoms with Crippen LogP contribution in [-0.4, -0.2) is 23.9 Å². The number of nitrogens with zero attached hydrogens (tertiary/aromatic N) is 1. The van der Waals surface area contributed by atoms with Gasteiger partial charge in [-0.05, 0) is 55.6 Å². The second kappa shape index (κ2) is 7.11. The maximum absolute atomic E-state index is 12.5. The molecule has 0 radical (unpaired) electrons. The molecule has 2 nitrogen and oxygen atoms in total. The van der Waals surface area contributed by atoms with Crippen LogP contribution >= 0.6 is 0 Å². The summed E-state index contributed by atoms with van der Waals surface area (Å²) < 4.78 is 0. The number of carbonyl (C=O) groups is 1. The van der Waals surface area contributed by atoms with Crippen molar-refractivity contribution in [2.24, 2.45) is 11.3 Å². The second-order valence-electron chi connectivity index (χ2n) is 7.55. The number of hydrogen-bond donors (Lipinski definition) is 0. The molecule has 0 N–H and O–H groups in total. The summed E-state index contributed by atoms with van der Waals surface area (Å²) in [5.41, 5.74) is 1.25. The molecule has 1 atom stereocenters. The number of hydrogen-bond acceptors (Lipinski definition) is 1. The Morgan fingerprint density at radius 1 is 1.14 bits per heavy atom. The number of carbonyl (C=O) groups excluding carboxylic acids is 1. The van der Waals surface area contributed by atoms with E-state index in [-0.39, 0.29) is 5.91 Å². The van der Waals surface area contributed by atoms with Gasteiger partial charge in [0.15, 0.2) is 0 Å². The van der Waals surface area contributed by atoms with Gasteiger partial charge in [-0.25, -0.2) is 0 Å². The lowest BCUT2D eigenvalue weighted by Gasteiger charge is -2.23. The lowest BCUT2D eigenvalue weighted by atomic mass is 9.84. The fourth-order valence-electron chi connectivity index (χ4n) is 3.06. The summed E-state index contributed by atoms with van der Waals surface area (Å²) in [6.45, 7) is 8.78. The summed E-state index contributed by atoms with van der Waals surface area (Å²) in [4.78, 5) is 14.6. The molecule has 0 aliphatic carbocycles. The molecule has 1 unspecified atom stereocenters. The summed E-state index contributed by atoms with van der Waals surface area (Å²) in [5.74, 6) is 0.991. The van der Waals surface area contributed by atoms with Crippen molar-refractivity contribution in [2.45, 2.75) is 52.9 Å². The SMILES string of the molecule is CC(C)(C)CCC1CCCN(C(=O)c2ccccc2)CC1. The molecule has 2 heteroatoms. The van der Waals surface area contributed by atoms with Gasteiger partial charge in [-0.1, -0.05) is 39.0 Å². The van der Waals surface area contributed by atoms with Crippen molar-refractivity contribution in [3.63, 3.8) is 0 Å². The normalized spacial score (nSPS) is 20.1. The zero-order chi connectivity index (χ0) is 15.3. The van der Waals surface area contributed by atoms with Gasteiger partial charge in [0.2, 0.25) is 0 Å². The first-order valence-electron chi connectivity index (χ1n) is 8.30. The maximum atomic E-state index is 12.5. The van der Waals surface area contributed by atoms with Crippen LogP contribution in [0.25, 0.3) is 0 Å². The molecule has 0 bridgehead atoms. The summed E-state index contributed by atoms with van der Waals surface area (Å²) in [7, 11) is 0. The smallest absolute Gasteiger partial charge is 0.253 e. The van der Waals surface area contributed by atoms with Gasteiger partial charge in [-0.2, -0.15) is 0 Å². The van der Waals surface area contributed by atoms with Gasteiger partial charge < -0.3 is 4.90 Å². The van der Waals surface area contributed by atoms with Crippen LogP contribution in [0, 0.1) is 11.3 Å². The molecule has 1 amide bonds. The molecule has 1 aliphatic rings. The predicted octanol–water partition coefficient (Wildman–Crippen LogP) is 4.76. The zero-order valence-corrected chi connectivity index (χ0v) is 13.8.